The van der Waals surface area contributed by atoms with Crippen LogP contribution in [-0.4, -0.2) is 10.2 Å². The maximum absolute atomic E-state index is 9.69. The zero-order valence-corrected chi connectivity index (χ0v) is 11.2. The average molecular weight is 254 g/mol. The van der Waals surface area contributed by atoms with Crippen molar-refractivity contribution in [1.29, 1.82) is 0 Å². The highest BCUT2D eigenvalue weighted by Crippen LogP contribution is 2.49. The van der Waals surface area contributed by atoms with Gasteiger partial charge in [-0.25, -0.2) is 0 Å². The number of hydrogen-bond donors (Lipinski definition) is 2. The minimum Gasteiger partial charge on any atom is -0.508 e. The van der Waals surface area contributed by atoms with E-state index in [1.807, 2.05) is 24.3 Å². The summed E-state index contributed by atoms with van der Waals surface area (Å²) in [5.74, 6) is 0.969. The van der Waals surface area contributed by atoms with Crippen LogP contribution in [0.25, 0.3) is 0 Å². The molecule has 1 aliphatic carbocycles. The van der Waals surface area contributed by atoms with Gasteiger partial charge in [0.15, 0.2) is 0 Å². The molecule has 0 fully saturated rings. The summed E-state index contributed by atoms with van der Waals surface area (Å²) in [4.78, 5) is 0. The summed E-state index contributed by atoms with van der Waals surface area (Å²) < 4.78 is 0. The van der Waals surface area contributed by atoms with Crippen molar-refractivity contribution in [1.82, 2.24) is 0 Å². The normalized spacial score (nSPS) is 20.2. The van der Waals surface area contributed by atoms with Crippen molar-refractivity contribution in [2.45, 2.75) is 31.6 Å². The van der Waals surface area contributed by atoms with E-state index < -0.39 is 0 Å². The zero-order valence-electron chi connectivity index (χ0n) is 11.2. The number of aromatic hydroxyl groups is 2. The van der Waals surface area contributed by atoms with Crippen LogP contribution in [0.3, 0.4) is 0 Å². The first-order chi connectivity index (χ1) is 8.97. The molecule has 0 radical (unpaired) electrons. The largest absolute Gasteiger partial charge is 0.508 e. The van der Waals surface area contributed by atoms with Gasteiger partial charge < -0.3 is 10.2 Å². The van der Waals surface area contributed by atoms with Crippen molar-refractivity contribution >= 4 is 0 Å². The van der Waals surface area contributed by atoms with Crippen molar-refractivity contribution in [3.8, 4) is 11.5 Å². The van der Waals surface area contributed by atoms with Crippen molar-refractivity contribution in [3.05, 3.63) is 59.2 Å². The van der Waals surface area contributed by atoms with E-state index in [4.69, 9.17) is 0 Å². The van der Waals surface area contributed by atoms with E-state index in [0.29, 0.717) is 17.4 Å². The fourth-order valence-corrected chi connectivity index (χ4v) is 3.17. The summed E-state index contributed by atoms with van der Waals surface area (Å²) >= 11 is 0. The second-order valence-corrected chi connectivity index (χ2v) is 6.00. The third kappa shape index (κ3) is 1.97. The van der Waals surface area contributed by atoms with Gasteiger partial charge in [0.25, 0.3) is 0 Å². The van der Waals surface area contributed by atoms with E-state index >= 15 is 0 Å². The van der Waals surface area contributed by atoms with Crippen LogP contribution < -0.4 is 0 Å². The lowest BCUT2D eigenvalue weighted by Crippen LogP contribution is -2.12. The Kier molecular flexibility index (Phi) is 2.56. The first kappa shape index (κ1) is 12.1. The smallest absolute Gasteiger partial charge is 0.115 e. The van der Waals surface area contributed by atoms with E-state index in [1.165, 1.54) is 16.7 Å². The Balaban J connectivity index is 2.10. The minimum atomic E-state index is 0.0661. The molecule has 1 aliphatic rings. The van der Waals surface area contributed by atoms with Crippen molar-refractivity contribution in [2.75, 3.05) is 0 Å². The molecule has 0 aromatic heterocycles. The third-order valence-corrected chi connectivity index (χ3v) is 4.15. The van der Waals surface area contributed by atoms with Gasteiger partial charge in [-0.3, -0.25) is 0 Å². The molecule has 0 saturated carbocycles. The quantitative estimate of drug-likeness (QED) is 0.810. The Morgan fingerprint density at radius 1 is 0.947 bits per heavy atom. The fourth-order valence-electron chi connectivity index (χ4n) is 3.17. The van der Waals surface area contributed by atoms with E-state index in [0.717, 1.165) is 6.42 Å². The molecule has 0 spiro atoms. The van der Waals surface area contributed by atoms with Gasteiger partial charge in [0, 0.05) is 5.92 Å². The Morgan fingerprint density at radius 3 is 2.26 bits per heavy atom. The van der Waals surface area contributed by atoms with Crippen LogP contribution in [0, 0.1) is 0 Å². The van der Waals surface area contributed by atoms with Gasteiger partial charge in [-0.15, -0.1) is 0 Å². The number of phenols is 2. The highest BCUT2D eigenvalue weighted by atomic mass is 16.3. The Hall–Kier alpha value is -1.96. The van der Waals surface area contributed by atoms with Gasteiger partial charge in [0.05, 0.1) is 0 Å². The van der Waals surface area contributed by atoms with Gasteiger partial charge in [0.1, 0.15) is 11.5 Å². The summed E-state index contributed by atoms with van der Waals surface area (Å²) in [6, 6.07) is 13.1. The number of benzene rings is 2. The van der Waals surface area contributed by atoms with Crippen molar-refractivity contribution < 1.29 is 10.2 Å². The summed E-state index contributed by atoms with van der Waals surface area (Å²) in [7, 11) is 0. The van der Waals surface area contributed by atoms with Crippen LogP contribution >= 0.6 is 0 Å². The summed E-state index contributed by atoms with van der Waals surface area (Å²) in [6.45, 7) is 4.43. The molecule has 98 valence electrons. The first-order valence-corrected chi connectivity index (χ1v) is 6.60. The molecular formula is C17H18O2. The Morgan fingerprint density at radius 2 is 1.58 bits per heavy atom. The van der Waals surface area contributed by atoms with E-state index in [1.54, 1.807) is 18.2 Å². The van der Waals surface area contributed by atoms with Crippen LogP contribution in [0.1, 0.15) is 42.9 Å². The van der Waals surface area contributed by atoms with Gasteiger partial charge in [-0.05, 0) is 52.8 Å². The molecule has 2 aromatic rings. The number of phenolic OH excluding ortho intramolecular Hbond substituents is 2. The van der Waals surface area contributed by atoms with Crippen LogP contribution in [0.15, 0.2) is 42.5 Å². The molecule has 1 atom stereocenters. The van der Waals surface area contributed by atoms with Crippen LogP contribution in [0.2, 0.25) is 0 Å². The van der Waals surface area contributed by atoms with E-state index in [9.17, 15) is 10.2 Å². The molecule has 2 heteroatoms. The molecule has 2 nitrogen and oxygen atoms in total. The first-order valence-electron chi connectivity index (χ1n) is 6.60. The maximum Gasteiger partial charge on any atom is 0.115 e. The predicted molar refractivity (Wildman–Crippen MR) is 75.7 cm³/mol. The molecule has 0 heterocycles. The summed E-state index contributed by atoms with van der Waals surface area (Å²) in [5.41, 5.74) is 3.80. The second-order valence-electron chi connectivity index (χ2n) is 6.00. The molecular weight excluding hydrogens is 236 g/mol. The fraction of sp³-hybridized carbons (Fsp3) is 0.294. The molecule has 2 N–H and O–H groups in total. The molecule has 0 saturated heterocycles. The lowest BCUT2D eigenvalue weighted by atomic mass is 9.85. The third-order valence-electron chi connectivity index (χ3n) is 4.15. The summed E-state index contributed by atoms with van der Waals surface area (Å²) in [5, 5.41) is 19.1. The van der Waals surface area contributed by atoms with Gasteiger partial charge in [-0.1, -0.05) is 32.0 Å². The summed E-state index contributed by atoms with van der Waals surface area (Å²) in [6.07, 6.45) is 1.02. The molecule has 0 amide bonds. The number of rotatable bonds is 1. The van der Waals surface area contributed by atoms with Crippen LogP contribution in [-0.2, 0) is 5.41 Å². The van der Waals surface area contributed by atoms with Crippen molar-refractivity contribution in [3.63, 3.8) is 0 Å². The molecule has 0 aliphatic heterocycles. The Labute approximate surface area is 113 Å². The predicted octanol–water partition coefficient (Wildman–Crippen LogP) is 3.91. The minimum absolute atomic E-state index is 0.0661. The Bertz CT molecular complexity index is 612. The van der Waals surface area contributed by atoms with Crippen LogP contribution in [0.5, 0.6) is 11.5 Å². The van der Waals surface area contributed by atoms with Gasteiger partial charge in [0.2, 0.25) is 0 Å². The lowest BCUT2D eigenvalue weighted by Gasteiger charge is -2.19. The molecule has 1 unspecified atom stereocenters. The average Bonchev–Trinajstić information content (AvgIpc) is 2.62. The van der Waals surface area contributed by atoms with Crippen molar-refractivity contribution in [2.24, 2.45) is 0 Å². The van der Waals surface area contributed by atoms with E-state index in [2.05, 4.69) is 13.8 Å². The molecule has 19 heavy (non-hydrogen) atoms. The van der Waals surface area contributed by atoms with Gasteiger partial charge in [-0.2, -0.15) is 0 Å². The standard InChI is InChI=1S/C17H18O2/c1-17(2)10-15(11-3-5-12(18)6-4-11)14-8-7-13(19)9-16(14)17/h3-9,15,18-19H,10H2,1-2H3. The van der Waals surface area contributed by atoms with Crippen LogP contribution in [0.4, 0.5) is 0 Å². The second kappa shape index (κ2) is 4.02. The SMILES string of the molecule is CC1(C)CC(c2ccc(O)cc2)c2ccc(O)cc21. The maximum atomic E-state index is 9.69. The lowest BCUT2D eigenvalue weighted by molar-refractivity contribution is 0.467. The highest BCUT2D eigenvalue weighted by molar-refractivity contribution is 5.50. The number of hydrogen-bond acceptors (Lipinski definition) is 2. The van der Waals surface area contributed by atoms with E-state index in [-0.39, 0.29) is 5.41 Å². The monoisotopic (exact) mass is 254 g/mol. The molecule has 2 aromatic carbocycles. The zero-order chi connectivity index (χ0) is 13.6. The highest BCUT2D eigenvalue weighted by Gasteiger charge is 2.37. The molecule has 3 rings (SSSR count). The van der Waals surface area contributed by atoms with Gasteiger partial charge >= 0.3 is 0 Å². The topological polar surface area (TPSA) is 40.5 Å². The molecule has 0 bridgehead atoms. The number of fused-ring (bicyclic) bond motifs is 1.